The smallest absolute Gasteiger partial charge is 0.306 e. The zero-order valence-corrected chi connectivity index (χ0v) is 11.8. The molecule has 0 aliphatic heterocycles. The van der Waals surface area contributed by atoms with Gasteiger partial charge in [0, 0.05) is 6.92 Å². The minimum atomic E-state index is -3.61. The first-order chi connectivity index (χ1) is 9.17. The number of carbonyl (C=O) groups is 2. The lowest BCUT2D eigenvalue weighted by molar-refractivity contribution is -0.137. The minimum absolute atomic E-state index is 0.119. The van der Waals surface area contributed by atoms with Crippen molar-refractivity contribution in [1.29, 1.82) is 0 Å². The van der Waals surface area contributed by atoms with E-state index in [4.69, 9.17) is 5.11 Å². The van der Waals surface area contributed by atoms with E-state index in [0.717, 1.165) is 6.26 Å². The molecule has 0 saturated carbocycles. The van der Waals surface area contributed by atoms with Crippen molar-refractivity contribution in [2.24, 2.45) is 0 Å². The number of amides is 1. The Labute approximate surface area is 116 Å². The Hall–Kier alpha value is -2.09. The van der Waals surface area contributed by atoms with Crippen LogP contribution in [-0.2, 0) is 19.7 Å². The Kier molecular flexibility index (Phi) is 5.09. The second-order valence-electron chi connectivity index (χ2n) is 4.21. The normalized spacial score (nSPS) is 12.5. The third kappa shape index (κ3) is 5.70. The van der Waals surface area contributed by atoms with E-state index >= 15 is 0 Å². The molecule has 0 heterocycles. The number of hydrogen-bond acceptors (Lipinski definition) is 5. The number of carboxylic acids is 1. The van der Waals surface area contributed by atoms with Crippen molar-refractivity contribution < 1.29 is 27.3 Å². The van der Waals surface area contributed by atoms with Crippen molar-refractivity contribution in [1.82, 2.24) is 5.32 Å². The molecule has 1 amide bonds. The number of hydrogen-bond donors (Lipinski definition) is 2. The number of nitrogens with one attached hydrogen (secondary N) is 1. The van der Waals surface area contributed by atoms with Crippen LogP contribution in [0.1, 0.15) is 24.9 Å². The first-order valence-electron chi connectivity index (χ1n) is 5.65. The Morgan fingerprint density at radius 1 is 1.30 bits per heavy atom. The maximum absolute atomic E-state index is 11.1. The molecule has 8 heteroatoms. The predicted molar refractivity (Wildman–Crippen MR) is 70.7 cm³/mol. The van der Waals surface area contributed by atoms with E-state index in [-0.39, 0.29) is 18.1 Å². The third-order valence-corrected chi connectivity index (χ3v) is 2.78. The van der Waals surface area contributed by atoms with Gasteiger partial charge in [-0.3, -0.25) is 9.59 Å². The van der Waals surface area contributed by atoms with Crippen LogP contribution < -0.4 is 9.50 Å². The second-order valence-corrected chi connectivity index (χ2v) is 5.78. The van der Waals surface area contributed by atoms with Crippen LogP contribution in [0.25, 0.3) is 0 Å². The number of carbonyl (C=O) groups excluding carboxylic acids is 1. The van der Waals surface area contributed by atoms with Gasteiger partial charge in [0.1, 0.15) is 5.75 Å². The minimum Gasteiger partial charge on any atom is -0.481 e. The number of rotatable bonds is 6. The molecule has 0 saturated heterocycles. The molecule has 0 bridgehead atoms. The summed E-state index contributed by atoms with van der Waals surface area (Å²) in [4.78, 5) is 21.8. The molecule has 1 unspecified atom stereocenters. The molecule has 0 fully saturated rings. The molecule has 1 atom stereocenters. The predicted octanol–water partition coefficient (Wildman–Crippen LogP) is 0.677. The van der Waals surface area contributed by atoms with E-state index in [1.54, 1.807) is 0 Å². The van der Waals surface area contributed by atoms with Gasteiger partial charge in [-0.15, -0.1) is 0 Å². The Morgan fingerprint density at radius 2 is 1.85 bits per heavy atom. The molecule has 20 heavy (non-hydrogen) atoms. The highest BCUT2D eigenvalue weighted by atomic mass is 32.2. The quantitative estimate of drug-likeness (QED) is 0.748. The van der Waals surface area contributed by atoms with Crippen LogP contribution >= 0.6 is 0 Å². The van der Waals surface area contributed by atoms with E-state index in [1.807, 2.05) is 0 Å². The summed E-state index contributed by atoms with van der Waals surface area (Å²) in [7, 11) is -3.61. The van der Waals surface area contributed by atoms with Gasteiger partial charge < -0.3 is 14.6 Å². The van der Waals surface area contributed by atoms with Gasteiger partial charge in [-0.25, -0.2) is 0 Å². The molecule has 0 spiro atoms. The van der Waals surface area contributed by atoms with Gasteiger partial charge in [-0.05, 0) is 17.7 Å². The highest BCUT2D eigenvalue weighted by Gasteiger charge is 2.16. The van der Waals surface area contributed by atoms with Gasteiger partial charge in [-0.1, -0.05) is 12.1 Å². The summed E-state index contributed by atoms with van der Waals surface area (Å²) in [5.41, 5.74) is 0.545. The molecule has 1 rings (SSSR count). The van der Waals surface area contributed by atoms with Crippen molar-refractivity contribution in [2.75, 3.05) is 6.26 Å². The van der Waals surface area contributed by atoms with E-state index in [1.165, 1.54) is 31.2 Å². The summed E-state index contributed by atoms with van der Waals surface area (Å²) in [5.74, 6) is -1.29. The van der Waals surface area contributed by atoms with Crippen LogP contribution in [0.2, 0.25) is 0 Å². The first-order valence-corrected chi connectivity index (χ1v) is 7.47. The van der Waals surface area contributed by atoms with Crippen LogP contribution in [0.4, 0.5) is 0 Å². The van der Waals surface area contributed by atoms with Gasteiger partial charge in [0.05, 0.1) is 18.7 Å². The molecule has 0 aromatic heterocycles. The number of carboxylic acid groups (broad SMARTS) is 1. The summed E-state index contributed by atoms with van der Waals surface area (Å²) < 4.78 is 26.6. The fourth-order valence-electron chi connectivity index (χ4n) is 1.60. The van der Waals surface area contributed by atoms with Crippen molar-refractivity contribution in [3.8, 4) is 5.75 Å². The molecular weight excluding hydrogens is 286 g/mol. The molecule has 0 aliphatic rings. The maximum Gasteiger partial charge on any atom is 0.306 e. The van der Waals surface area contributed by atoms with Crippen LogP contribution in [0, 0.1) is 0 Å². The van der Waals surface area contributed by atoms with Crippen molar-refractivity contribution in [2.45, 2.75) is 19.4 Å². The third-order valence-electron chi connectivity index (χ3n) is 2.29. The first kappa shape index (κ1) is 16.0. The molecule has 2 N–H and O–H groups in total. The molecule has 0 aliphatic carbocycles. The topological polar surface area (TPSA) is 110 Å². The van der Waals surface area contributed by atoms with E-state index < -0.39 is 22.1 Å². The lowest BCUT2D eigenvalue weighted by atomic mass is 10.0. The fraction of sp³-hybridized carbons (Fsp3) is 0.333. The zero-order chi connectivity index (χ0) is 15.3. The molecule has 7 nitrogen and oxygen atoms in total. The monoisotopic (exact) mass is 301 g/mol. The van der Waals surface area contributed by atoms with Crippen LogP contribution in [0.15, 0.2) is 24.3 Å². The highest BCUT2D eigenvalue weighted by Crippen LogP contribution is 2.21. The van der Waals surface area contributed by atoms with Crippen LogP contribution in [0.5, 0.6) is 5.75 Å². The second kappa shape index (κ2) is 6.38. The highest BCUT2D eigenvalue weighted by molar-refractivity contribution is 7.86. The number of benzene rings is 1. The van der Waals surface area contributed by atoms with Crippen molar-refractivity contribution in [3.05, 3.63) is 29.8 Å². The maximum atomic E-state index is 11.1. The Balaban J connectivity index is 2.92. The van der Waals surface area contributed by atoms with Crippen LogP contribution in [-0.4, -0.2) is 31.7 Å². The van der Waals surface area contributed by atoms with Gasteiger partial charge in [-0.2, -0.15) is 8.42 Å². The van der Waals surface area contributed by atoms with Crippen molar-refractivity contribution >= 4 is 22.0 Å². The molecule has 0 radical (unpaired) electrons. The largest absolute Gasteiger partial charge is 0.481 e. The van der Waals surface area contributed by atoms with Crippen LogP contribution in [0.3, 0.4) is 0 Å². The average Bonchev–Trinajstić information content (AvgIpc) is 2.25. The van der Waals surface area contributed by atoms with Gasteiger partial charge >= 0.3 is 16.1 Å². The zero-order valence-electron chi connectivity index (χ0n) is 11.0. The van der Waals surface area contributed by atoms with E-state index in [0.29, 0.717) is 5.56 Å². The standard InChI is InChI=1S/C12H15NO6S/c1-8(14)13-11(7-12(15)16)9-3-5-10(6-4-9)19-20(2,17)18/h3-6,11H,7H2,1-2H3,(H,13,14)(H,15,16). The van der Waals surface area contributed by atoms with Gasteiger partial charge in [0.2, 0.25) is 5.91 Å². The average molecular weight is 301 g/mol. The molecule has 110 valence electrons. The fourth-order valence-corrected chi connectivity index (χ4v) is 2.06. The van der Waals surface area contributed by atoms with Crippen molar-refractivity contribution in [3.63, 3.8) is 0 Å². The van der Waals surface area contributed by atoms with Gasteiger partial charge in [0.15, 0.2) is 0 Å². The summed E-state index contributed by atoms with van der Waals surface area (Å²) in [6, 6.07) is 5.12. The summed E-state index contributed by atoms with van der Waals surface area (Å²) in [6.07, 6.45) is 0.650. The lowest BCUT2D eigenvalue weighted by Gasteiger charge is -2.16. The number of aliphatic carboxylic acids is 1. The SMILES string of the molecule is CC(=O)NC(CC(=O)O)c1ccc(OS(C)(=O)=O)cc1. The summed E-state index contributed by atoms with van der Waals surface area (Å²) >= 11 is 0. The Bertz CT molecular complexity index is 577. The molecular formula is C12H15NO6S. The van der Waals surface area contributed by atoms with E-state index in [9.17, 15) is 18.0 Å². The molecule has 1 aromatic carbocycles. The molecule has 1 aromatic rings. The summed E-state index contributed by atoms with van der Waals surface area (Å²) in [6.45, 7) is 1.29. The Morgan fingerprint density at radius 3 is 2.25 bits per heavy atom. The van der Waals surface area contributed by atoms with E-state index in [2.05, 4.69) is 9.50 Å². The van der Waals surface area contributed by atoms with Gasteiger partial charge in [0.25, 0.3) is 0 Å². The summed E-state index contributed by atoms with van der Waals surface area (Å²) in [5, 5.41) is 11.3. The lowest BCUT2D eigenvalue weighted by Crippen LogP contribution is -2.27.